The van der Waals surface area contributed by atoms with Crippen LogP contribution in [0.3, 0.4) is 0 Å². The van der Waals surface area contributed by atoms with Gasteiger partial charge in [0.05, 0.1) is 12.7 Å². The van der Waals surface area contributed by atoms with Crippen molar-refractivity contribution in [2.24, 2.45) is 4.99 Å². The molecule has 0 saturated carbocycles. The third-order valence-corrected chi connectivity index (χ3v) is 3.52. The molecule has 2 rings (SSSR count). The Balaban J connectivity index is 1.88. The zero-order valence-electron chi connectivity index (χ0n) is 15.4. The number of alkyl halides is 2. The number of nitrogens with one attached hydrogen (secondary N) is 1. The van der Waals surface area contributed by atoms with Crippen LogP contribution in [0.25, 0.3) is 0 Å². The van der Waals surface area contributed by atoms with E-state index in [4.69, 9.17) is 4.74 Å². The lowest BCUT2D eigenvalue weighted by Crippen LogP contribution is -2.38. The van der Waals surface area contributed by atoms with Crippen molar-refractivity contribution >= 4 is 5.96 Å². The summed E-state index contributed by atoms with van der Waals surface area (Å²) < 4.78 is 34.4. The Morgan fingerprint density at radius 1 is 1.22 bits per heavy atom. The van der Waals surface area contributed by atoms with Crippen LogP contribution < -0.4 is 14.8 Å². The van der Waals surface area contributed by atoms with Crippen molar-refractivity contribution in [3.63, 3.8) is 0 Å². The van der Waals surface area contributed by atoms with Crippen LogP contribution in [0, 0.1) is 0 Å². The summed E-state index contributed by atoms with van der Waals surface area (Å²) in [4.78, 5) is 10.5. The lowest BCUT2D eigenvalue weighted by molar-refractivity contribution is -0.0498. The second kappa shape index (κ2) is 10.9. The topological polar surface area (TPSA) is 59.0 Å². The molecule has 0 aliphatic carbocycles. The third-order valence-electron chi connectivity index (χ3n) is 3.52. The minimum atomic E-state index is -2.82. The summed E-state index contributed by atoms with van der Waals surface area (Å²) >= 11 is 0. The molecule has 27 heavy (non-hydrogen) atoms. The van der Waals surface area contributed by atoms with E-state index in [2.05, 4.69) is 20.0 Å². The molecule has 0 aliphatic rings. The lowest BCUT2D eigenvalue weighted by atomic mass is 10.2. The van der Waals surface area contributed by atoms with E-state index in [0.29, 0.717) is 25.4 Å². The number of pyridine rings is 1. The van der Waals surface area contributed by atoms with Gasteiger partial charge in [0.15, 0.2) is 5.96 Å². The number of rotatable bonds is 9. The van der Waals surface area contributed by atoms with Crippen molar-refractivity contribution in [2.45, 2.75) is 20.1 Å². The van der Waals surface area contributed by atoms with Gasteiger partial charge < -0.3 is 19.7 Å². The van der Waals surface area contributed by atoms with Gasteiger partial charge in [-0.25, -0.2) is 4.99 Å². The number of hydrogen-bond donors (Lipinski definition) is 1. The van der Waals surface area contributed by atoms with E-state index >= 15 is 0 Å². The first kappa shape index (κ1) is 20.4. The summed E-state index contributed by atoms with van der Waals surface area (Å²) in [6.07, 6.45) is 3.35. The highest BCUT2D eigenvalue weighted by molar-refractivity contribution is 5.79. The predicted octanol–water partition coefficient (Wildman–Crippen LogP) is 3.16. The van der Waals surface area contributed by atoms with E-state index in [1.54, 1.807) is 24.5 Å². The highest BCUT2D eigenvalue weighted by atomic mass is 19.3. The van der Waals surface area contributed by atoms with Crippen LogP contribution in [0.5, 0.6) is 11.5 Å². The standard InChI is InChI=1S/C19H24F2N4O2/c1-3-23-19(24-11-12-26-17-5-4-10-22-13-17)25(2)14-15-6-8-16(9-7-15)27-18(20)21/h4-10,13,18H,3,11-12,14H2,1-2H3,(H,23,24). The number of aliphatic imine (C=N–C) groups is 1. The van der Waals surface area contributed by atoms with E-state index in [0.717, 1.165) is 18.1 Å². The Bertz CT molecular complexity index is 697. The molecule has 1 heterocycles. The number of hydrogen-bond acceptors (Lipinski definition) is 4. The molecule has 0 radical (unpaired) electrons. The molecule has 8 heteroatoms. The number of benzene rings is 1. The van der Waals surface area contributed by atoms with Gasteiger partial charge in [0, 0.05) is 26.3 Å². The molecule has 0 bridgehead atoms. The minimum Gasteiger partial charge on any atom is -0.490 e. The van der Waals surface area contributed by atoms with Gasteiger partial charge in [-0.1, -0.05) is 12.1 Å². The summed E-state index contributed by atoms with van der Waals surface area (Å²) in [5.74, 6) is 1.59. The van der Waals surface area contributed by atoms with Gasteiger partial charge in [0.2, 0.25) is 0 Å². The fraction of sp³-hybridized carbons (Fsp3) is 0.368. The van der Waals surface area contributed by atoms with Crippen LogP contribution in [-0.2, 0) is 6.54 Å². The number of aromatic nitrogens is 1. The molecular weight excluding hydrogens is 354 g/mol. The highest BCUT2D eigenvalue weighted by Gasteiger charge is 2.08. The van der Waals surface area contributed by atoms with Gasteiger partial charge in [-0.3, -0.25) is 4.98 Å². The Labute approximate surface area is 157 Å². The average molecular weight is 378 g/mol. The highest BCUT2D eigenvalue weighted by Crippen LogP contribution is 2.15. The first-order valence-corrected chi connectivity index (χ1v) is 8.64. The van der Waals surface area contributed by atoms with Crippen LogP contribution in [0.15, 0.2) is 53.8 Å². The third kappa shape index (κ3) is 7.47. The molecular formula is C19H24F2N4O2. The average Bonchev–Trinajstić information content (AvgIpc) is 2.66. The Morgan fingerprint density at radius 2 is 2.00 bits per heavy atom. The molecule has 146 valence electrons. The van der Waals surface area contributed by atoms with Gasteiger partial charge in [0.1, 0.15) is 18.1 Å². The van der Waals surface area contributed by atoms with E-state index in [9.17, 15) is 8.78 Å². The Hall–Kier alpha value is -2.90. The van der Waals surface area contributed by atoms with Crippen molar-refractivity contribution in [2.75, 3.05) is 26.7 Å². The van der Waals surface area contributed by atoms with Crippen molar-refractivity contribution in [3.05, 3.63) is 54.4 Å². The molecule has 0 unspecified atom stereocenters. The van der Waals surface area contributed by atoms with Gasteiger partial charge in [-0.15, -0.1) is 0 Å². The molecule has 0 aliphatic heterocycles. The fourth-order valence-corrected chi connectivity index (χ4v) is 2.34. The molecule has 0 saturated heterocycles. The SMILES string of the molecule is CCNC(=NCCOc1cccnc1)N(C)Cc1ccc(OC(F)F)cc1. The minimum absolute atomic E-state index is 0.143. The van der Waals surface area contributed by atoms with E-state index in [1.165, 1.54) is 12.1 Å². The summed E-state index contributed by atoms with van der Waals surface area (Å²) in [6.45, 7) is 1.40. The van der Waals surface area contributed by atoms with Crippen LogP contribution in [0.4, 0.5) is 8.78 Å². The second-order valence-electron chi connectivity index (χ2n) is 5.65. The summed E-state index contributed by atoms with van der Waals surface area (Å²) in [5, 5.41) is 3.22. The molecule has 0 fully saturated rings. The van der Waals surface area contributed by atoms with E-state index < -0.39 is 6.61 Å². The normalized spacial score (nSPS) is 11.4. The van der Waals surface area contributed by atoms with Crippen molar-refractivity contribution in [3.8, 4) is 11.5 Å². The number of guanidine groups is 1. The maximum Gasteiger partial charge on any atom is 0.387 e. The molecule has 6 nitrogen and oxygen atoms in total. The molecule has 2 aromatic rings. The zero-order valence-corrected chi connectivity index (χ0v) is 15.4. The molecule has 1 aromatic carbocycles. The molecule has 0 atom stereocenters. The summed E-state index contributed by atoms with van der Waals surface area (Å²) in [5.41, 5.74) is 0.955. The number of halogens is 2. The largest absolute Gasteiger partial charge is 0.490 e. The number of nitrogens with zero attached hydrogens (tertiary/aromatic N) is 3. The van der Waals surface area contributed by atoms with Crippen molar-refractivity contribution < 1.29 is 18.3 Å². The van der Waals surface area contributed by atoms with Gasteiger partial charge in [0.25, 0.3) is 0 Å². The fourth-order valence-electron chi connectivity index (χ4n) is 2.34. The summed E-state index contributed by atoms with van der Waals surface area (Å²) in [6, 6.07) is 10.2. The first-order chi connectivity index (χ1) is 13.1. The zero-order chi connectivity index (χ0) is 19.5. The van der Waals surface area contributed by atoms with Gasteiger partial charge >= 0.3 is 6.61 Å². The molecule has 0 spiro atoms. The van der Waals surface area contributed by atoms with Crippen LogP contribution in [0.2, 0.25) is 0 Å². The van der Waals surface area contributed by atoms with Crippen LogP contribution in [-0.4, -0.2) is 49.2 Å². The smallest absolute Gasteiger partial charge is 0.387 e. The molecule has 1 aromatic heterocycles. The summed E-state index contributed by atoms with van der Waals surface area (Å²) in [7, 11) is 1.91. The van der Waals surface area contributed by atoms with Gasteiger partial charge in [-0.05, 0) is 36.8 Å². The van der Waals surface area contributed by atoms with Gasteiger partial charge in [-0.2, -0.15) is 8.78 Å². The van der Waals surface area contributed by atoms with Crippen LogP contribution >= 0.6 is 0 Å². The second-order valence-corrected chi connectivity index (χ2v) is 5.65. The van der Waals surface area contributed by atoms with E-state index in [-0.39, 0.29) is 5.75 Å². The molecule has 1 N–H and O–H groups in total. The lowest BCUT2D eigenvalue weighted by Gasteiger charge is -2.22. The molecule has 0 amide bonds. The van der Waals surface area contributed by atoms with Crippen molar-refractivity contribution in [1.82, 2.24) is 15.2 Å². The maximum atomic E-state index is 12.2. The quantitative estimate of drug-likeness (QED) is 0.413. The monoisotopic (exact) mass is 378 g/mol. The van der Waals surface area contributed by atoms with Crippen molar-refractivity contribution in [1.29, 1.82) is 0 Å². The number of ether oxygens (including phenoxy) is 2. The van der Waals surface area contributed by atoms with E-state index in [1.807, 2.05) is 31.0 Å². The Kier molecular flexibility index (Phi) is 8.28. The van der Waals surface area contributed by atoms with Crippen LogP contribution in [0.1, 0.15) is 12.5 Å². The maximum absolute atomic E-state index is 12.2. The Morgan fingerprint density at radius 3 is 2.63 bits per heavy atom. The predicted molar refractivity (Wildman–Crippen MR) is 100 cm³/mol. The first-order valence-electron chi connectivity index (χ1n) is 8.64.